The first-order valence-corrected chi connectivity index (χ1v) is 8.59. The van der Waals surface area contributed by atoms with Gasteiger partial charge < -0.3 is 10.6 Å². The molecule has 0 radical (unpaired) electrons. The van der Waals surface area contributed by atoms with Crippen molar-refractivity contribution in [2.75, 3.05) is 17.2 Å². The molecule has 3 rings (SSSR count). The van der Waals surface area contributed by atoms with Crippen LogP contribution in [0.3, 0.4) is 0 Å². The van der Waals surface area contributed by atoms with Gasteiger partial charge in [-0.15, -0.1) is 11.3 Å². The third kappa shape index (κ3) is 4.89. The molecule has 3 aromatic rings. The van der Waals surface area contributed by atoms with Crippen molar-refractivity contribution in [2.45, 2.75) is 12.8 Å². The number of hydrogen-bond donors (Lipinski definition) is 2. The van der Waals surface area contributed by atoms with Gasteiger partial charge in [0.1, 0.15) is 0 Å². The van der Waals surface area contributed by atoms with Crippen LogP contribution < -0.4 is 10.6 Å². The molecule has 24 heavy (non-hydrogen) atoms. The van der Waals surface area contributed by atoms with E-state index in [9.17, 15) is 4.79 Å². The highest BCUT2D eigenvalue weighted by Gasteiger charge is 2.05. The summed E-state index contributed by atoms with van der Waals surface area (Å²) in [6, 6.07) is 13.6. The zero-order valence-electron chi connectivity index (χ0n) is 13.1. The predicted octanol–water partition coefficient (Wildman–Crippen LogP) is 3.37. The summed E-state index contributed by atoms with van der Waals surface area (Å²) in [6.07, 6.45) is 4.70. The summed E-state index contributed by atoms with van der Waals surface area (Å²) in [5.41, 5.74) is 2.01. The van der Waals surface area contributed by atoms with Crippen LogP contribution in [0.2, 0.25) is 0 Å². The van der Waals surface area contributed by atoms with Crippen molar-refractivity contribution in [1.82, 2.24) is 9.97 Å². The molecule has 1 aromatic carbocycles. The average molecular weight is 338 g/mol. The lowest BCUT2D eigenvalue weighted by atomic mass is 10.1. The van der Waals surface area contributed by atoms with Gasteiger partial charge in [-0.2, -0.15) is 0 Å². The van der Waals surface area contributed by atoms with E-state index in [0.717, 1.165) is 23.5 Å². The number of aromatic nitrogens is 2. The molecule has 0 aliphatic heterocycles. The SMILES string of the molecule is O=C(Cc1cccs1)Nc1ccc(CCNc2ncccn2)cc1. The van der Waals surface area contributed by atoms with Gasteiger partial charge in [-0.05, 0) is 41.6 Å². The number of carbonyl (C=O) groups is 1. The van der Waals surface area contributed by atoms with Gasteiger partial charge >= 0.3 is 0 Å². The highest BCUT2D eigenvalue weighted by molar-refractivity contribution is 7.10. The molecule has 0 saturated carbocycles. The second-order valence-corrected chi connectivity index (χ2v) is 6.28. The second kappa shape index (κ2) is 8.21. The van der Waals surface area contributed by atoms with Crippen LogP contribution in [-0.4, -0.2) is 22.4 Å². The van der Waals surface area contributed by atoms with Crippen LogP contribution >= 0.6 is 11.3 Å². The first kappa shape index (κ1) is 16.1. The summed E-state index contributed by atoms with van der Waals surface area (Å²) in [5.74, 6) is 0.642. The molecule has 1 amide bonds. The first-order valence-electron chi connectivity index (χ1n) is 7.72. The number of rotatable bonds is 7. The molecule has 5 nitrogen and oxygen atoms in total. The van der Waals surface area contributed by atoms with Crippen LogP contribution in [0.25, 0.3) is 0 Å². The maximum atomic E-state index is 12.0. The maximum absolute atomic E-state index is 12.0. The predicted molar refractivity (Wildman–Crippen MR) is 97.3 cm³/mol. The molecule has 0 unspecified atom stereocenters. The van der Waals surface area contributed by atoms with E-state index in [-0.39, 0.29) is 5.91 Å². The van der Waals surface area contributed by atoms with Crippen molar-refractivity contribution in [3.05, 3.63) is 70.7 Å². The molecular weight excluding hydrogens is 320 g/mol. The Hall–Kier alpha value is -2.73. The third-order valence-electron chi connectivity index (χ3n) is 3.42. The fourth-order valence-corrected chi connectivity index (χ4v) is 2.94. The Morgan fingerprint density at radius 3 is 2.54 bits per heavy atom. The Kier molecular flexibility index (Phi) is 5.52. The Balaban J connectivity index is 1.45. The summed E-state index contributed by atoms with van der Waals surface area (Å²) in [7, 11) is 0. The van der Waals surface area contributed by atoms with Crippen LogP contribution in [-0.2, 0) is 17.6 Å². The number of nitrogens with one attached hydrogen (secondary N) is 2. The average Bonchev–Trinajstić information content (AvgIpc) is 3.10. The standard InChI is InChI=1S/C18H18N4OS/c23-17(13-16-3-1-12-24-16)22-15-6-4-14(5-7-15)8-11-21-18-19-9-2-10-20-18/h1-7,9-10,12H,8,11,13H2,(H,22,23)(H,19,20,21). The summed E-state index contributed by atoms with van der Waals surface area (Å²) < 4.78 is 0. The van der Waals surface area contributed by atoms with Crippen LogP contribution in [0, 0.1) is 0 Å². The van der Waals surface area contributed by atoms with Crippen molar-refractivity contribution in [3.8, 4) is 0 Å². The Morgan fingerprint density at radius 1 is 1.04 bits per heavy atom. The number of hydrogen-bond acceptors (Lipinski definition) is 5. The molecule has 2 aromatic heterocycles. The van der Waals surface area contributed by atoms with Gasteiger partial charge in [-0.1, -0.05) is 18.2 Å². The molecule has 0 bridgehead atoms. The fourth-order valence-electron chi connectivity index (χ4n) is 2.24. The van der Waals surface area contributed by atoms with E-state index >= 15 is 0 Å². The zero-order valence-corrected chi connectivity index (χ0v) is 13.9. The lowest BCUT2D eigenvalue weighted by Crippen LogP contribution is -2.13. The lowest BCUT2D eigenvalue weighted by molar-refractivity contribution is -0.115. The molecule has 122 valence electrons. The summed E-state index contributed by atoms with van der Waals surface area (Å²) in [5, 5.41) is 8.07. The van der Waals surface area contributed by atoms with Crippen molar-refractivity contribution < 1.29 is 4.79 Å². The van der Waals surface area contributed by atoms with Gasteiger partial charge in [0, 0.05) is 29.5 Å². The highest BCUT2D eigenvalue weighted by atomic mass is 32.1. The van der Waals surface area contributed by atoms with Crippen molar-refractivity contribution >= 4 is 28.9 Å². The van der Waals surface area contributed by atoms with Gasteiger partial charge in [-0.25, -0.2) is 9.97 Å². The van der Waals surface area contributed by atoms with Gasteiger partial charge in [0.15, 0.2) is 0 Å². The molecule has 0 aliphatic rings. The number of anilines is 2. The number of thiophene rings is 1. The number of carbonyl (C=O) groups excluding carboxylic acids is 1. The first-order chi connectivity index (χ1) is 11.8. The minimum Gasteiger partial charge on any atom is -0.354 e. The molecule has 0 saturated heterocycles. The van der Waals surface area contributed by atoms with Crippen molar-refractivity contribution in [2.24, 2.45) is 0 Å². The molecule has 0 aliphatic carbocycles. The Labute approximate surface area is 144 Å². The van der Waals surface area contributed by atoms with E-state index in [1.54, 1.807) is 29.8 Å². The van der Waals surface area contributed by atoms with E-state index in [2.05, 4.69) is 20.6 Å². The van der Waals surface area contributed by atoms with E-state index in [1.165, 1.54) is 5.56 Å². The van der Waals surface area contributed by atoms with Crippen LogP contribution in [0.15, 0.2) is 60.2 Å². The van der Waals surface area contributed by atoms with Gasteiger partial charge in [0.25, 0.3) is 0 Å². The topological polar surface area (TPSA) is 66.9 Å². The highest BCUT2D eigenvalue weighted by Crippen LogP contribution is 2.13. The smallest absolute Gasteiger partial charge is 0.229 e. The number of benzene rings is 1. The van der Waals surface area contributed by atoms with Gasteiger partial charge in [0.05, 0.1) is 6.42 Å². The quantitative estimate of drug-likeness (QED) is 0.693. The zero-order chi connectivity index (χ0) is 16.6. The molecule has 0 spiro atoms. The minimum absolute atomic E-state index is 0.00749. The Bertz CT molecular complexity index is 757. The second-order valence-electron chi connectivity index (χ2n) is 5.25. The van der Waals surface area contributed by atoms with E-state index in [1.807, 2.05) is 41.8 Å². The monoisotopic (exact) mass is 338 g/mol. The molecule has 6 heteroatoms. The number of nitrogens with zero attached hydrogens (tertiary/aromatic N) is 2. The normalized spacial score (nSPS) is 10.3. The molecule has 0 fully saturated rings. The molecule has 0 atom stereocenters. The maximum Gasteiger partial charge on any atom is 0.229 e. The molecule has 2 heterocycles. The van der Waals surface area contributed by atoms with E-state index in [4.69, 9.17) is 0 Å². The third-order valence-corrected chi connectivity index (χ3v) is 4.29. The summed E-state index contributed by atoms with van der Waals surface area (Å²) in [4.78, 5) is 21.3. The van der Waals surface area contributed by atoms with Crippen molar-refractivity contribution in [3.63, 3.8) is 0 Å². The van der Waals surface area contributed by atoms with Crippen molar-refractivity contribution in [1.29, 1.82) is 0 Å². The lowest BCUT2D eigenvalue weighted by Gasteiger charge is -2.07. The molecular formula is C18H18N4OS. The fraction of sp³-hybridized carbons (Fsp3) is 0.167. The van der Waals surface area contributed by atoms with Crippen LogP contribution in [0.1, 0.15) is 10.4 Å². The van der Waals surface area contributed by atoms with Crippen LogP contribution in [0.5, 0.6) is 0 Å². The van der Waals surface area contributed by atoms with Crippen LogP contribution in [0.4, 0.5) is 11.6 Å². The summed E-state index contributed by atoms with van der Waals surface area (Å²) in [6.45, 7) is 0.758. The summed E-state index contributed by atoms with van der Waals surface area (Å²) >= 11 is 1.59. The Morgan fingerprint density at radius 2 is 1.83 bits per heavy atom. The van der Waals surface area contributed by atoms with E-state index < -0.39 is 0 Å². The number of amides is 1. The van der Waals surface area contributed by atoms with E-state index in [0.29, 0.717) is 12.4 Å². The van der Waals surface area contributed by atoms with Gasteiger partial charge in [0.2, 0.25) is 11.9 Å². The molecule has 2 N–H and O–H groups in total. The minimum atomic E-state index is 0.00749. The largest absolute Gasteiger partial charge is 0.354 e. The van der Waals surface area contributed by atoms with Gasteiger partial charge in [-0.3, -0.25) is 4.79 Å².